The highest BCUT2D eigenvalue weighted by Gasteiger charge is 1.99. The lowest BCUT2D eigenvalue weighted by Crippen LogP contribution is -2.09. The van der Waals surface area contributed by atoms with Crippen LogP contribution in [0.5, 0.6) is 0 Å². The largest absolute Gasteiger partial charge is 0.378 e. The zero-order valence-electron chi connectivity index (χ0n) is 8.73. The molecule has 0 aromatic heterocycles. The summed E-state index contributed by atoms with van der Waals surface area (Å²) in [6, 6.07) is 8.43. The fraction of sp³-hybridized carbons (Fsp3) is 0.400. The van der Waals surface area contributed by atoms with Crippen molar-refractivity contribution in [2.45, 2.75) is 13.0 Å². The minimum absolute atomic E-state index is 0. The summed E-state index contributed by atoms with van der Waals surface area (Å²) in [5.41, 5.74) is 8.12. The van der Waals surface area contributed by atoms with Crippen LogP contribution < -0.4 is 10.6 Å². The first-order chi connectivity index (χ1) is 5.61. The van der Waals surface area contributed by atoms with Crippen LogP contribution in [-0.4, -0.2) is 14.1 Å². The van der Waals surface area contributed by atoms with Gasteiger partial charge >= 0.3 is 0 Å². The number of hydrogen-bond acceptors (Lipinski definition) is 2. The molecule has 0 fully saturated rings. The molecule has 1 aromatic rings. The Labute approximate surface area is 98.3 Å². The predicted molar refractivity (Wildman–Crippen MR) is 67.9 cm³/mol. The highest BCUT2D eigenvalue weighted by atomic mass is 35.5. The summed E-state index contributed by atoms with van der Waals surface area (Å²) in [6.07, 6.45) is 0. The molecule has 0 aliphatic carbocycles. The van der Waals surface area contributed by atoms with E-state index in [1.165, 1.54) is 11.3 Å². The number of halogens is 2. The fourth-order valence-corrected chi connectivity index (χ4v) is 1.08. The van der Waals surface area contributed by atoms with Gasteiger partial charge in [0.05, 0.1) is 0 Å². The molecule has 0 saturated carbocycles. The SMILES string of the molecule is CC(N)c1ccc(N(C)C)cc1.Cl.Cl. The maximum absolute atomic E-state index is 5.73. The molecule has 0 saturated heterocycles. The lowest BCUT2D eigenvalue weighted by Gasteiger charge is -2.13. The van der Waals surface area contributed by atoms with E-state index in [0.29, 0.717) is 0 Å². The van der Waals surface area contributed by atoms with Crippen molar-refractivity contribution in [3.63, 3.8) is 0 Å². The maximum Gasteiger partial charge on any atom is 0.0361 e. The Balaban J connectivity index is 0. The molecule has 14 heavy (non-hydrogen) atoms. The van der Waals surface area contributed by atoms with Crippen LogP contribution in [0.3, 0.4) is 0 Å². The van der Waals surface area contributed by atoms with Crippen LogP contribution in [0.25, 0.3) is 0 Å². The minimum atomic E-state index is 0. The monoisotopic (exact) mass is 236 g/mol. The Morgan fingerprint density at radius 1 is 1.07 bits per heavy atom. The summed E-state index contributed by atoms with van der Waals surface area (Å²) in [7, 11) is 4.06. The van der Waals surface area contributed by atoms with Gasteiger partial charge in [0.2, 0.25) is 0 Å². The summed E-state index contributed by atoms with van der Waals surface area (Å²) in [5, 5.41) is 0. The molecule has 82 valence electrons. The molecule has 1 aromatic carbocycles. The maximum atomic E-state index is 5.73. The highest BCUT2D eigenvalue weighted by molar-refractivity contribution is 5.85. The number of nitrogens with two attached hydrogens (primary N) is 1. The first-order valence-electron chi connectivity index (χ1n) is 4.14. The molecule has 0 heterocycles. The van der Waals surface area contributed by atoms with Crippen molar-refractivity contribution in [3.05, 3.63) is 29.8 Å². The third-order valence-electron chi connectivity index (χ3n) is 1.94. The summed E-state index contributed by atoms with van der Waals surface area (Å²) < 4.78 is 0. The Kier molecular flexibility index (Phi) is 7.93. The van der Waals surface area contributed by atoms with Crippen LogP contribution in [0.2, 0.25) is 0 Å². The van der Waals surface area contributed by atoms with Crippen molar-refractivity contribution in [2.75, 3.05) is 19.0 Å². The third-order valence-corrected chi connectivity index (χ3v) is 1.94. The van der Waals surface area contributed by atoms with Crippen molar-refractivity contribution < 1.29 is 0 Å². The molecule has 1 rings (SSSR count). The van der Waals surface area contributed by atoms with Crippen molar-refractivity contribution in [1.29, 1.82) is 0 Å². The topological polar surface area (TPSA) is 29.3 Å². The smallest absolute Gasteiger partial charge is 0.0361 e. The van der Waals surface area contributed by atoms with Crippen LogP contribution in [0.4, 0.5) is 5.69 Å². The lowest BCUT2D eigenvalue weighted by atomic mass is 10.1. The average molecular weight is 237 g/mol. The van der Waals surface area contributed by atoms with Crippen LogP contribution in [0.15, 0.2) is 24.3 Å². The van der Waals surface area contributed by atoms with Gasteiger partial charge in [-0.2, -0.15) is 0 Å². The molecule has 0 aliphatic heterocycles. The van der Waals surface area contributed by atoms with Crippen LogP contribution in [-0.2, 0) is 0 Å². The van der Waals surface area contributed by atoms with Gasteiger partial charge in [-0.15, -0.1) is 24.8 Å². The van der Waals surface area contributed by atoms with E-state index in [1.807, 2.05) is 21.0 Å². The summed E-state index contributed by atoms with van der Waals surface area (Å²) in [4.78, 5) is 2.07. The van der Waals surface area contributed by atoms with E-state index in [4.69, 9.17) is 5.73 Å². The Morgan fingerprint density at radius 3 is 1.79 bits per heavy atom. The van der Waals surface area contributed by atoms with Crippen molar-refractivity contribution >= 4 is 30.5 Å². The van der Waals surface area contributed by atoms with Gasteiger partial charge in [0, 0.05) is 25.8 Å². The van der Waals surface area contributed by atoms with Crippen LogP contribution in [0, 0.1) is 0 Å². The zero-order chi connectivity index (χ0) is 9.14. The molecule has 4 heteroatoms. The Hall–Kier alpha value is -0.440. The van der Waals surface area contributed by atoms with Gasteiger partial charge < -0.3 is 10.6 Å². The number of rotatable bonds is 2. The molecular weight excluding hydrogens is 219 g/mol. The van der Waals surface area contributed by atoms with Crippen molar-refractivity contribution in [3.8, 4) is 0 Å². The van der Waals surface area contributed by atoms with Gasteiger partial charge in [0.1, 0.15) is 0 Å². The molecule has 1 atom stereocenters. The third kappa shape index (κ3) is 4.18. The first kappa shape index (κ1) is 16.0. The zero-order valence-corrected chi connectivity index (χ0v) is 10.4. The fourth-order valence-electron chi connectivity index (χ4n) is 1.08. The van der Waals surface area contributed by atoms with E-state index in [-0.39, 0.29) is 30.9 Å². The second-order valence-corrected chi connectivity index (χ2v) is 3.27. The first-order valence-corrected chi connectivity index (χ1v) is 4.14. The van der Waals surface area contributed by atoms with E-state index in [0.717, 1.165) is 0 Å². The highest BCUT2D eigenvalue weighted by Crippen LogP contribution is 2.15. The minimum Gasteiger partial charge on any atom is -0.378 e. The van der Waals surface area contributed by atoms with E-state index < -0.39 is 0 Å². The quantitative estimate of drug-likeness (QED) is 0.856. The average Bonchev–Trinajstić information content (AvgIpc) is 2.04. The molecule has 2 nitrogen and oxygen atoms in total. The predicted octanol–water partition coefficient (Wildman–Crippen LogP) is 2.62. The van der Waals surface area contributed by atoms with Gasteiger partial charge in [0.15, 0.2) is 0 Å². The summed E-state index contributed by atoms with van der Waals surface area (Å²) in [6.45, 7) is 1.99. The van der Waals surface area contributed by atoms with Gasteiger partial charge in [-0.3, -0.25) is 0 Å². The molecule has 1 unspecified atom stereocenters. The number of benzene rings is 1. The molecule has 0 radical (unpaired) electrons. The lowest BCUT2D eigenvalue weighted by molar-refractivity contribution is 0.818. The molecule has 0 spiro atoms. The summed E-state index contributed by atoms with van der Waals surface area (Å²) >= 11 is 0. The normalized spacial score (nSPS) is 10.9. The van der Waals surface area contributed by atoms with Crippen molar-refractivity contribution in [1.82, 2.24) is 0 Å². The van der Waals surface area contributed by atoms with Gasteiger partial charge in [-0.05, 0) is 24.6 Å². The van der Waals surface area contributed by atoms with E-state index in [9.17, 15) is 0 Å². The number of hydrogen-bond donors (Lipinski definition) is 1. The molecular formula is C10H18Cl2N2. The van der Waals surface area contributed by atoms with E-state index >= 15 is 0 Å². The number of anilines is 1. The molecule has 0 amide bonds. The summed E-state index contributed by atoms with van der Waals surface area (Å²) in [5.74, 6) is 0. The van der Waals surface area contributed by atoms with E-state index in [2.05, 4.69) is 29.2 Å². The Morgan fingerprint density at radius 2 is 1.50 bits per heavy atom. The van der Waals surface area contributed by atoms with Crippen LogP contribution in [0.1, 0.15) is 18.5 Å². The van der Waals surface area contributed by atoms with Crippen LogP contribution >= 0.6 is 24.8 Å². The molecule has 0 bridgehead atoms. The number of nitrogens with zero attached hydrogens (tertiary/aromatic N) is 1. The van der Waals surface area contributed by atoms with E-state index in [1.54, 1.807) is 0 Å². The van der Waals surface area contributed by atoms with Crippen molar-refractivity contribution in [2.24, 2.45) is 5.73 Å². The van der Waals surface area contributed by atoms with Gasteiger partial charge in [-0.1, -0.05) is 12.1 Å². The molecule has 0 aliphatic rings. The second-order valence-electron chi connectivity index (χ2n) is 3.27. The van der Waals surface area contributed by atoms with Gasteiger partial charge in [-0.25, -0.2) is 0 Å². The standard InChI is InChI=1S/C10H16N2.2ClH/c1-8(11)9-4-6-10(7-5-9)12(2)3;;/h4-8H,11H2,1-3H3;2*1H. The second kappa shape index (κ2) is 6.93. The Bertz CT molecular complexity index is 218. The molecule has 2 N–H and O–H groups in total. The van der Waals surface area contributed by atoms with Gasteiger partial charge in [0.25, 0.3) is 0 Å².